The summed E-state index contributed by atoms with van der Waals surface area (Å²) in [5, 5.41) is 0. The van der Waals surface area contributed by atoms with E-state index in [2.05, 4.69) is 6.58 Å². The van der Waals surface area contributed by atoms with Gasteiger partial charge in [-0.1, -0.05) is 18.7 Å². The average Bonchev–Trinajstić information content (AvgIpc) is 2.57. The fourth-order valence-electron chi connectivity index (χ4n) is 5.46. The van der Waals surface area contributed by atoms with Crippen molar-refractivity contribution >= 4 is 16.1 Å². The summed E-state index contributed by atoms with van der Waals surface area (Å²) in [5.41, 5.74) is 0.320. The second-order valence-corrected chi connectivity index (χ2v) is 10.2. The van der Waals surface area contributed by atoms with Crippen molar-refractivity contribution in [2.75, 3.05) is 0 Å². The summed E-state index contributed by atoms with van der Waals surface area (Å²) in [6, 6.07) is 6.71. The van der Waals surface area contributed by atoms with E-state index in [1.807, 2.05) is 13.0 Å². The smallest absolute Gasteiger partial charge is 0.333 e. The zero-order valence-corrected chi connectivity index (χ0v) is 16.6. The third-order valence-corrected chi connectivity index (χ3v) is 7.60. The van der Waals surface area contributed by atoms with Gasteiger partial charge in [-0.3, -0.25) is 4.18 Å². The number of carbonyl (C=O) groups excluding carboxylic acids is 1. The van der Waals surface area contributed by atoms with Crippen molar-refractivity contribution in [2.24, 2.45) is 17.8 Å². The van der Waals surface area contributed by atoms with Gasteiger partial charge in [-0.2, -0.15) is 8.42 Å². The summed E-state index contributed by atoms with van der Waals surface area (Å²) in [6.07, 6.45) is 3.74. The van der Waals surface area contributed by atoms with Crippen molar-refractivity contribution < 1.29 is 22.1 Å². The van der Waals surface area contributed by atoms with Gasteiger partial charge in [0.2, 0.25) is 0 Å². The second-order valence-electron chi connectivity index (χ2n) is 8.63. The highest BCUT2D eigenvalue weighted by atomic mass is 32.2. The first kappa shape index (κ1) is 18.7. The standard InChI is InChI=1S/C21H26O5S/c1-13(2)20(22)25-21-11-15-8-16(12-21)10-17(9-15)19(21)26-27(23,24)18-6-4-5-14(3)7-18/h4-7,15-17,19H,1,8-12H2,2-3H3. The molecule has 146 valence electrons. The molecular formula is C21H26O5S. The third kappa shape index (κ3) is 3.34. The molecule has 4 aliphatic carbocycles. The van der Waals surface area contributed by atoms with Crippen LogP contribution < -0.4 is 0 Å². The Hall–Kier alpha value is -1.66. The summed E-state index contributed by atoms with van der Waals surface area (Å²) in [5.74, 6) is 0.594. The Labute approximate surface area is 160 Å². The number of benzene rings is 1. The summed E-state index contributed by atoms with van der Waals surface area (Å²) in [7, 11) is -3.93. The second kappa shape index (κ2) is 6.45. The number of hydrogen-bond acceptors (Lipinski definition) is 5. The SMILES string of the molecule is C=C(C)C(=O)OC12CC3CC(CC(C3)C1OS(=O)(=O)c1cccc(C)c1)C2. The van der Waals surface area contributed by atoms with Crippen LogP contribution in [0.1, 0.15) is 44.6 Å². The molecule has 0 spiro atoms. The van der Waals surface area contributed by atoms with Crippen molar-refractivity contribution in [2.45, 2.75) is 62.6 Å². The summed E-state index contributed by atoms with van der Waals surface area (Å²) in [4.78, 5) is 12.5. The van der Waals surface area contributed by atoms with Crippen LogP contribution in [0.2, 0.25) is 0 Å². The predicted molar refractivity (Wildman–Crippen MR) is 100 cm³/mol. The third-order valence-electron chi connectivity index (χ3n) is 6.31. The van der Waals surface area contributed by atoms with E-state index < -0.39 is 27.8 Å². The maximum atomic E-state index is 13.0. The van der Waals surface area contributed by atoms with Crippen molar-refractivity contribution in [3.05, 3.63) is 42.0 Å². The fourth-order valence-corrected chi connectivity index (χ4v) is 6.75. The molecule has 5 nitrogen and oxygen atoms in total. The van der Waals surface area contributed by atoms with Crippen LogP contribution in [-0.2, 0) is 23.8 Å². The largest absolute Gasteiger partial charge is 0.453 e. The van der Waals surface area contributed by atoms with E-state index in [9.17, 15) is 13.2 Å². The molecule has 27 heavy (non-hydrogen) atoms. The lowest BCUT2D eigenvalue weighted by Gasteiger charge is -2.59. The van der Waals surface area contributed by atoms with Crippen LogP contribution in [0.15, 0.2) is 41.3 Å². The minimum absolute atomic E-state index is 0.105. The van der Waals surface area contributed by atoms with Gasteiger partial charge in [-0.05, 0) is 81.4 Å². The highest BCUT2D eigenvalue weighted by Gasteiger charge is 2.61. The maximum absolute atomic E-state index is 13.0. The minimum Gasteiger partial charge on any atom is -0.453 e. The van der Waals surface area contributed by atoms with Gasteiger partial charge >= 0.3 is 5.97 Å². The van der Waals surface area contributed by atoms with Gasteiger partial charge in [0, 0.05) is 5.57 Å². The van der Waals surface area contributed by atoms with Gasteiger partial charge in [0.25, 0.3) is 10.1 Å². The number of ether oxygens (including phenoxy) is 1. The van der Waals surface area contributed by atoms with E-state index in [1.165, 1.54) is 0 Å². The Morgan fingerprint density at radius 1 is 1.19 bits per heavy atom. The monoisotopic (exact) mass is 390 g/mol. The van der Waals surface area contributed by atoms with Gasteiger partial charge < -0.3 is 4.74 Å². The molecule has 0 heterocycles. The summed E-state index contributed by atoms with van der Waals surface area (Å²) >= 11 is 0. The molecule has 3 unspecified atom stereocenters. The van der Waals surface area contributed by atoms with Gasteiger partial charge in [-0.25, -0.2) is 4.79 Å². The highest BCUT2D eigenvalue weighted by molar-refractivity contribution is 7.86. The molecule has 0 aromatic heterocycles. The van der Waals surface area contributed by atoms with Crippen molar-refractivity contribution in [1.82, 2.24) is 0 Å². The van der Waals surface area contributed by atoms with Crippen molar-refractivity contribution in [3.63, 3.8) is 0 Å². The Bertz CT molecular complexity index is 874. The van der Waals surface area contributed by atoms with Gasteiger partial charge in [0.05, 0.1) is 4.90 Å². The minimum atomic E-state index is -3.93. The lowest BCUT2D eigenvalue weighted by atomic mass is 9.53. The highest BCUT2D eigenvalue weighted by Crippen LogP contribution is 2.58. The van der Waals surface area contributed by atoms with Crippen LogP contribution in [0.3, 0.4) is 0 Å². The van der Waals surface area contributed by atoms with E-state index >= 15 is 0 Å². The molecule has 3 atom stereocenters. The average molecular weight is 391 g/mol. The lowest BCUT2D eigenvalue weighted by Crippen LogP contribution is -2.63. The van der Waals surface area contributed by atoms with Gasteiger partial charge in [0.15, 0.2) is 0 Å². The molecule has 1 aromatic rings. The zero-order valence-electron chi connectivity index (χ0n) is 15.8. The number of aryl methyl sites for hydroxylation is 1. The molecule has 0 radical (unpaired) electrons. The van der Waals surface area contributed by atoms with E-state index in [-0.39, 0.29) is 10.8 Å². The van der Waals surface area contributed by atoms with E-state index in [1.54, 1.807) is 25.1 Å². The van der Waals surface area contributed by atoms with E-state index in [0.29, 0.717) is 30.3 Å². The Morgan fingerprint density at radius 3 is 2.44 bits per heavy atom. The van der Waals surface area contributed by atoms with Crippen LogP contribution in [0, 0.1) is 24.7 Å². The van der Waals surface area contributed by atoms with Gasteiger partial charge in [0.1, 0.15) is 11.7 Å². The molecular weight excluding hydrogens is 364 g/mol. The molecule has 4 fully saturated rings. The Morgan fingerprint density at radius 2 is 1.85 bits per heavy atom. The molecule has 4 saturated carbocycles. The molecule has 0 saturated heterocycles. The zero-order chi connectivity index (χ0) is 19.4. The predicted octanol–water partition coefficient (Wildman–Crippen LogP) is 3.77. The van der Waals surface area contributed by atoms with Crippen molar-refractivity contribution in [3.8, 4) is 0 Å². The molecule has 4 aliphatic rings. The van der Waals surface area contributed by atoms with E-state index in [0.717, 1.165) is 24.8 Å². The lowest BCUT2D eigenvalue weighted by molar-refractivity contribution is -0.217. The molecule has 4 bridgehead atoms. The van der Waals surface area contributed by atoms with Crippen LogP contribution in [0.5, 0.6) is 0 Å². The number of hydrogen-bond donors (Lipinski definition) is 0. The first-order valence-electron chi connectivity index (χ1n) is 9.57. The van der Waals surface area contributed by atoms with Gasteiger partial charge in [-0.15, -0.1) is 0 Å². The van der Waals surface area contributed by atoms with Crippen molar-refractivity contribution in [1.29, 1.82) is 0 Å². The quantitative estimate of drug-likeness (QED) is 0.435. The number of rotatable bonds is 5. The first-order valence-corrected chi connectivity index (χ1v) is 11.0. The van der Waals surface area contributed by atoms with Crippen LogP contribution >= 0.6 is 0 Å². The molecule has 1 aromatic carbocycles. The summed E-state index contributed by atoms with van der Waals surface area (Å²) in [6.45, 7) is 7.14. The first-order chi connectivity index (χ1) is 12.7. The molecule has 5 rings (SSSR count). The van der Waals surface area contributed by atoms with Crippen LogP contribution in [-0.4, -0.2) is 26.1 Å². The molecule has 0 N–H and O–H groups in total. The fraction of sp³-hybridized carbons (Fsp3) is 0.571. The number of carbonyl (C=O) groups is 1. The van der Waals surface area contributed by atoms with Crippen LogP contribution in [0.4, 0.5) is 0 Å². The maximum Gasteiger partial charge on any atom is 0.333 e. The summed E-state index contributed by atoms with van der Waals surface area (Å²) < 4.78 is 37.6. The molecule has 0 amide bonds. The number of esters is 1. The van der Waals surface area contributed by atoms with E-state index in [4.69, 9.17) is 8.92 Å². The Kier molecular flexibility index (Phi) is 4.47. The topological polar surface area (TPSA) is 69.7 Å². The molecule has 0 aliphatic heterocycles. The Balaban J connectivity index is 1.67. The normalized spacial score (nSPS) is 34.4. The van der Waals surface area contributed by atoms with Crippen LogP contribution in [0.25, 0.3) is 0 Å². The molecule has 6 heteroatoms.